The summed E-state index contributed by atoms with van der Waals surface area (Å²) in [6, 6.07) is 14.1. The summed E-state index contributed by atoms with van der Waals surface area (Å²) in [7, 11) is -0.869. The molecule has 3 aromatic rings. The quantitative estimate of drug-likeness (QED) is 0.605. The van der Waals surface area contributed by atoms with Gasteiger partial charge in [-0.15, -0.1) is 0 Å². The molecule has 0 unspecified atom stereocenters. The Morgan fingerprint density at radius 3 is 2.42 bits per heavy atom. The van der Waals surface area contributed by atoms with Crippen molar-refractivity contribution in [2.24, 2.45) is 0 Å². The molecule has 1 aromatic heterocycles. The molecule has 0 atom stereocenters. The van der Waals surface area contributed by atoms with Gasteiger partial charge >= 0.3 is 0 Å². The van der Waals surface area contributed by atoms with Crippen molar-refractivity contribution in [3.63, 3.8) is 0 Å². The summed E-state index contributed by atoms with van der Waals surface area (Å²) in [6.45, 7) is 5.68. The average Bonchev–Trinajstić information content (AvgIpc) is 3.03. The van der Waals surface area contributed by atoms with Crippen LogP contribution in [-0.4, -0.2) is 49.1 Å². The van der Waals surface area contributed by atoms with E-state index in [1.54, 1.807) is 30.7 Å². The molecule has 2 aromatic carbocycles. The van der Waals surface area contributed by atoms with Gasteiger partial charge in [0.05, 0.1) is 29.2 Å². The van der Waals surface area contributed by atoms with E-state index in [2.05, 4.69) is 10.4 Å². The van der Waals surface area contributed by atoms with E-state index in [-0.39, 0.29) is 16.6 Å². The maximum Gasteiger partial charge on any atom is 0.259 e. The fourth-order valence-corrected chi connectivity index (χ4v) is 4.29. The molecule has 1 heterocycles. The molecule has 0 fully saturated rings. The number of carbonyl (C=O) groups excluding carboxylic acids is 1. The lowest BCUT2D eigenvalue weighted by atomic mass is 10.1. The fraction of sp³-hybridized carbons (Fsp3) is 0.273. The van der Waals surface area contributed by atoms with Gasteiger partial charge in [-0.1, -0.05) is 18.2 Å². The Morgan fingerprint density at radius 1 is 1.13 bits per heavy atom. The predicted molar refractivity (Wildman–Crippen MR) is 119 cm³/mol. The monoisotopic (exact) mass is 442 g/mol. The molecule has 0 aliphatic rings. The van der Waals surface area contributed by atoms with Crippen molar-refractivity contribution in [3.8, 4) is 11.4 Å². The smallest absolute Gasteiger partial charge is 0.259 e. The lowest BCUT2D eigenvalue weighted by Crippen LogP contribution is -2.23. The van der Waals surface area contributed by atoms with E-state index < -0.39 is 10.0 Å². The molecule has 8 nitrogen and oxygen atoms in total. The van der Waals surface area contributed by atoms with Crippen molar-refractivity contribution >= 4 is 21.6 Å². The maximum absolute atomic E-state index is 13.1. The molecule has 1 N–H and O–H groups in total. The van der Waals surface area contributed by atoms with Crippen LogP contribution in [0.4, 0.5) is 5.69 Å². The van der Waals surface area contributed by atoms with Gasteiger partial charge in [-0.25, -0.2) is 17.4 Å². The van der Waals surface area contributed by atoms with E-state index in [4.69, 9.17) is 4.74 Å². The molecular weight excluding hydrogens is 416 g/mol. The number of nitrogens with one attached hydrogen (secondary N) is 1. The summed E-state index contributed by atoms with van der Waals surface area (Å²) in [5, 5.41) is 7.29. The number of aromatic nitrogens is 2. The zero-order valence-electron chi connectivity index (χ0n) is 18.2. The SMILES string of the molecule is CCOc1ccc(NC(=O)c2c(C)nn(-c3ccccc3)c2C)cc1S(=O)(=O)N(C)C. The number of aryl methyl sites for hydroxylation is 1. The highest BCUT2D eigenvalue weighted by Crippen LogP contribution is 2.30. The largest absolute Gasteiger partial charge is 0.492 e. The predicted octanol–water partition coefficient (Wildman–Crippen LogP) is 3.39. The Hall–Kier alpha value is -3.17. The number of rotatable bonds is 7. The van der Waals surface area contributed by atoms with Gasteiger partial charge in [-0.3, -0.25) is 4.79 Å². The second-order valence-corrected chi connectivity index (χ2v) is 9.25. The first kappa shape index (κ1) is 22.5. The highest BCUT2D eigenvalue weighted by atomic mass is 32.2. The van der Waals surface area contributed by atoms with Crippen molar-refractivity contribution in [2.45, 2.75) is 25.7 Å². The Kier molecular flexibility index (Phi) is 6.47. The number of hydrogen-bond donors (Lipinski definition) is 1. The van der Waals surface area contributed by atoms with Crippen LogP contribution in [0.2, 0.25) is 0 Å². The number of hydrogen-bond acceptors (Lipinski definition) is 5. The van der Waals surface area contributed by atoms with Crippen molar-refractivity contribution in [3.05, 3.63) is 65.5 Å². The number of ether oxygens (including phenoxy) is 1. The second kappa shape index (κ2) is 8.91. The molecule has 1 amide bonds. The molecule has 9 heteroatoms. The number of nitrogens with zero attached hydrogens (tertiary/aromatic N) is 3. The molecule has 0 aliphatic heterocycles. The lowest BCUT2D eigenvalue weighted by molar-refractivity contribution is 0.102. The standard InChI is InChI=1S/C22H26N4O4S/c1-6-30-19-13-12-17(14-20(19)31(28,29)25(4)5)23-22(27)21-15(2)24-26(16(21)3)18-10-8-7-9-11-18/h7-14H,6H2,1-5H3,(H,23,27). The van der Waals surface area contributed by atoms with E-state index in [0.717, 1.165) is 9.99 Å². The molecular formula is C22H26N4O4S. The van der Waals surface area contributed by atoms with Crippen LogP contribution < -0.4 is 10.1 Å². The van der Waals surface area contributed by atoms with Crippen molar-refractivity contribution in [1.29, 1.82) is 0 Å². The van der Waals surface area contributed by atoms with E-state index in [9.17, 15) is 13.2 Å². The molecule has 0 aliphatic carbocycles. The molecule has 31 heavy (non-hydrogen) atoms. The number of sulfonamides is 1. The Morgan fingerprint density at radius 2 is 1.81 bits per heavy atom. The highest BCUT2D eigenvalue weighted by Gasteiger charge is 2.24. The minimum absolute atomic E-state index is 0.00873. The van der Waals surface area contributed by atoms with Crippen LogP contribution >= 0.6 is 0 Å². The number of benzene rings is 2. The summed E-state index contributed by atoms with van der Waals surface area (Å²) in [5.74, 6) is -0.131. The lowest BCUT2D eigenvalue weighted by Gasteiger charge is -2.16. The van der Waals surface area contributed by atoms with Gasteiger partial charge in [-0.2, -0.15) is 5.10 Å². The summed E-state index contributed by atoms with van der Waals surface area (Å²) < 4.78 is 33.7. The fourth-order valence-electron chi connectivity index (χ4n) is 3.24. The van der Waals surface area contributed by atoms with Gasteiger partial charge in [-0.05, 0) is 51.1 Å². The van der Waals surface area contributed by atoms with Gasteiger partial charge in [0.1, 0.15) is 10.6 Å². The first-order valence-corrected chi connectivity index (χ1v) is 11.2. The van der Waals surface area contributed by atoms with Crippen LogP contribution in [0.25, 0.3) is 5.69 Å². The van der Waals surface area contributed by atoms with Crippen LogP contribution in [-0.2, 0) is 10.0 Å². The van der Waals surface area contributed by atoms with Crippen molar-refractivity contribution < 1.29 is 17.9 Å². The minimum Gasteiger partial charge on any atom is -0.492 e. The van der Waals surface area contributed by atoms with Gasteiger partial charge in [0, 0.05) is 19.8 Å². The summed E-state index contributed by atoms with van der Waals surface area (Å²) in [5.41, 5.74) is 2.90. The van der Waals surface area contributed by atoms with Crippen LogP contribution in [0.1, 0.15) is 28.7 Å². The van der Waals surface area contributed by atoms with Crippen LogP contribution in [0.5, 0.6) is 5.75 Å². The number of amides is 1. The van der Waals surface area contributed by atoms with E-state index in [1.165, 1.54) is 20.2 Å². The third-order valence-electron chi connectivity index (χ3n) is 4.78. The van der Waals surface area contributed by atoms with Gasteiger partial charge in [0.15, 0.2) is 0 Å². The van der Waals surface area contributed by atoms with E-state index >= 15 is 0 Å². The molecule has 3 rings (SSSR count). The zero-order chi connectivity index (χ0) is 22.8. The summed E-state index contributed by atoms with van der Waals surface area (Å²) in [6.07, 6.45) is 0. The normalized spacial score (nSPS) is 11.5. The molecule has 0 saturated heterocycles. The Balaban J connectivity index is 1.97. The van der Waals surface area contributed by atoms with Gasteiger partial charge in [0.2, 0.25) is 10.0 Å². The maximum atomic E-state index is 13.1. The topological polar surface area (TPSA) is 93.5 Å². The third kappa shape index (κ3) is 4.47. The van der Waals surface area contributed by atoms with Crippen LogP contribution in [0, 0.1) is 13.8 Å². The average molecular weight is 443 g/mol. The number of carbonyl (C=O) groups is 1. The van der Waals surface area contributed by atoms with E-state index in [1.807, 2.05) is 37.3 Å². The second-order valence-electron chi connectivity index (χ2n) is 7.13. The Labute approximate surface area is 182 Å². The zero-order valence-corrected chi connectivity index (χ0v) is 19.0. The highest BCUT2D eigenvalue weighted by molar-refractivity contribution is 7.89. The van der Waals surface area contributed by atoms with Crippen LogP contribution in [0.3, 0.4) is 0 Å². The number of anilines is 1. The third-order valence-corrected chi connectivity index (χ3v) is 6.62. The Bertz CT molecular complexity index is 1200. The summed E-state index contributed by atoms with van der Waals surface area (Å²) in [4.78, 5) is 13.0. The van der Waals surface area contributed by atoms with Gasteiger partial charge in [0.25, 0.3) is 5.91 Å². The molecule has 0 radical (unpaired) electrons. The van der Waals surface area contributed by atoms with E-state index in [0.29, 0.717) is 29.2 Å². The summed E-state index contributed by atoms with van der Waals surface area (Å²) >= 11 is 0. The van der Waals surface area contributed by atoms with Gasteiger partial charge < -0.3 is 10.1 Å². The minimum atomic E-state index is -3.76. The first-order valence-electron chi connectivity index (χ1n) is 9.79. The van der Waals surface area contributed by atoms with Crippen molar-refractivity contribution in [2.75, 3.05) is 26.0 Å². The molecule has 0 bridgehead atoms. The molecule has 0 spiro atoms. The number of para-hydroxylation sites is 1. The van der Waals surface area contributed by atoms with Crippen LogP contribution in [0.15, 0.2) is 53.4 Å². The molecule has 0 saturated carbocycles. The first-order chi connectivity index (χ1) is 14.7. The van der Waals surface area contributed by atoms with Crippen molar-refractivity contribution in [1.82, 2.24) is 14.1 Å². The molecule has 164 valence electrons.